The van der Waals surface area contributed by atoms with Gasteiger partial charge in [-0.3, -0.25) is 10.2 Å². The quantitative estimate of drug-likeness (QED) is 0.633. The minimum atomic E-state index is -4.45. The van der Waals surface area contributed by atoms with E-state index < -0.39 is 17.6 Å². The third-order valence-corrected chi connectivity index (χ3v) is 6.70. The highest BCUT2D eigenvalue weighted by atomic mass is 32.2. The fourth-order valence-electron chi connectivity index (χ4n) is 3.36. The predicted octanol–water partition coefficient (Wildman–Crippen LogP) is 5.05. The van der Waals surface area contributed by atoms with Crippen molar-refractivity contribution in [3.63, 3.8) is 0 Å². The van der Waals surface area contributed by atoms with Crippen molar-refractivity contribution in [3.05, 3.63) is 58.4 Å². The number of aliphatic imine (C=N–C) groups is 1. The van der Waals surface area contributed by atoms with Gasteiger partial charge in [0.2, 0.25) is 5.17 Å². The summed E-state index contributed by atoms with van der Waals surface area (Å²) < 4.78 is 41.8. The van der Waals surface area contributed by atoms with Crippen LogP contribution in [0.1, 0.15) is 22.5 Å². The van der Waals surface area contributed by atoms with Crippen molar-refractivity contribution in [3.8, 4) is 5.69 Å². The molecule has 0 saturated carbocycles. The van der Waals surface area contributed by atoms with Gasteiger partial charge in [0.15, 0.2) is 10.2 Å². The van der Waals surface area contributed by atoms with E-state index in [9.17, 15) is 18.0 Å². The van der Waals surface area contributed by atoms with Crippen molar-refractivity contribution in [1.82, 2.24) is 9.58 Å². The number of alkyl halides is 3. The first-order valence-electron chi connectivity index (χ1n) is 9.01. The summed E-state index contributed by atoms with van der Waals surface area (Å²) in [5.41, 5.74) is 1.65. The number of benzene rings is 1. The number of amides is 1. The lowest BCUT2D eigenvalue weighted by atomic mass is 10.1. The number of nitrogens with zero attached hydrogens (tertiary/aromatic N) is 4. The summed E-state index contributed by atoms with van der Waals surface area (Å²) in [7, 11) is 0. The molecule has 0 atom stereocenters. The van der Waals surface area contributed by atoms with Crippen LogP contribution in [0.25, 0.3) is 11.8 Å². The van der Waals surface area contributed by atoms with Crippen molar-refractivity contribution in [1.29, 1.82) is 5.41 Å². The second-order valence-electron chi connectivity index (χ2n) is 6.80. The fraction of sp³-hybridized carbons (Fsp3) is 0.200. The van der Waals surface area contributed by atoms with Crippen LogP contribution in [0.2, 0.25) is 0 Å². The number of halogens is 3. The molecular weight excluding hydrogens is 447 g/mol. The molecule has 6 nitrogen and oxygen atoms in total. The smallest absolute Gasteiger partial charge is 0.318 e. The molecule has 2 aliphatic rings. The number of carbonyl (C=O) groups is 1. The number of amidine groups is 2. The van der Waals surface area contributed by atoms with Crippen molar-refractivity contribution >= 4 is 50.9 Å². The summed E-state index contributed by atoms with van der Waals surface area (Å²) in [5.74, 6) is -0.638. The number of aromatic nitrogens is 1. The summed E-state index contributed by atoms with van der Waals surface area (Å²) in [5, 5.41) is 14.3. The highest BCUT2D eigenvalue weighted by Crippen LogP contribution is 2.33. The summed E-state index contributed by atoms with van der Waals surface area (Å²) >= 11 is 2.62. The Morgan fingerprint density at radius 2 is 1.97 bits per heavy atom. The van der Waals surface area contributed by atoms with Crippen LogP contribution in [0.15, 0.2) is 46.0 Å². The Morgan fingerprint density at radius 3 is 2.65 bits per heavy atom. The first-order valence-corrected chi connectivity index (χ1v) is 11.0. The lowest BCUT2D eigenvalue weighted by Crippen LogP contribution is -2.35. The van der Waals surface area contributed by atoms with Gasteiger partial charge < -0.3 is 4.57 Å². The number of fused-ring (bicyclic) bond motifs is 1. The van der Waals surface area contributed by atoms with Crippen LogP contribution in [0.3, 0.4) is 0 Å². The Balaban J connectivity index is 1.75. The molecule has 0 fully saturated rings. The molecule has 0 saturated heterocycles. The average Bonchev–Trinajstić information content (AvgIpc) is 3.25. The topological polar surface area (TPSA) is 73.8 Å². The van der Waals surface area contributed by atoms with Crippen molar-refractivity contribution < 1.29 is 18.0 Å². The summed E-state index contributed by atoms with van der Waals surface area (Å²) in [4.78, 5) is 16.6. The third kappa shape index (κ3) is 3.83. The number of hydrazone groups is 1. The molecule has 0 bridgehead atoms. The summed E-state index contributed by atoms with van der Waals surface area (Å²) in [6.45, 7) is 3.52. The highest BCUT2D eigenvalue weighted by molar-refractivity contribution is 8.45. The Morgan fingerprint density at radius 1 is 1.23 bits per heavy atom. The number of carbonyl (C=O) groups excluding carboxylic acids is 1. The molecule has 2 aromatic rings. The van der Waals surface area contributed by atoms with E-state index >= 15 is 0 Å². The van der Waals surface area contributed by atoms with Gasteiger partial charge in [0, 0.05) is 17.1 Å². The number of thioether (sulfide) groups is 2. The van der Waals surface area contributed by atoms with Crippen LogP contribution in [0, 0.1) is 19.3 Å². The largest absolute Gasteiger partial charge is 0.416 e. The zero-order chi connectivity index (χ0) is 22.5. The molecule has 3 heterocycles. The number of hydrogen-bond donors (Lipinski definition) is 1. The SMILES string of the molecule is CSC1=NN2C(=N)/C(=C/c3cc(C)n(-c4cccc(C(F)(F)F)c4)c3C)C(=O)N=C2S1. The lowest BCUT2D eigenvalue weighted by molar-refractivity contribution is -0.137. The highest BCUT2D eigenvalue weighted by Gasteiger charge is 2.36. The first kappa shape index (κ1) is 21.4. The summed E-state index contributed by atoms with van der Waals surface area (Å²) in [6, 6.07) is 6.82. The zero-order valence-electron chi connectivity index (χ0n) is 16.6. The van der Waals surface area contributed by atoms with E-state index in [1.54, 1.807) is 30.5 Å². The van der Waals surface area contributed by atoms with Crippen molar-refractivity contribution in [2.45, 2.75) is 20.0 Å². The van der Waals surface area contributed by atoms with E-state index in [4.69, 9.17) is 5.41 Å². The minimum absolute atomic E-state index is 0.0692. The Bertz CT molecular complexity index is 1210. The van der Waals surface area contributed by atoms with Crippen LogP contribution in [-0.4, -0.2) is 37.1 Å². The van der Waals surface area contributed by atoms with Crippen molar-refractivity contribution in [2.75, 3.05) is 6.26 Å². The predicted molar refractivity (Wildman–Crippen MR) is 119 cm³/mol. The van der Waals surface area contributed by atoms with Crippen LogP contribution in [0.4, 0.5) is 13.2 Å². The van der Waals surface area contributed by atoms with E-state index in [-0.39, 0.29) is 11.4 Å². The van der Waals surface area contributed by atoms with Gasteiger partial charge in [-0.05, 0) is 67.8 Å². The molecule has 31 heavy (non-hydrogen) atoms. The van der Waals surface area contributed by atoms with E-state index in [0.717, 1.165) is 12.1 Å². The Kier molecular flexibility index (Phi) is 5.34. The monoisotopic (exact) mass is 463 g/mol. The van der Waals surface area contributed by atoms with Gasteiger partial charge >= 0.3 is 6.18 Å². The number of nitrogens with one attached hydrogen (secondary N) is 1. The van der Waals surface area contributed by atoms with E-state index in [2.05, 4.69) is 10.1 Å². The Hall–Kier alpha value is -2.79. The molecule has 4 rings (SSSR count). The van der Waals surface area contributed by atoms with E-state index in [0.29, 0.717) is 32.2 Å². The minimum Gasteiger partial charge on any atom is -0.318 e. The maximum absolute atomic E-state index is 13.1. The number of rotatable bonds is 2. The second-order valence-corrected chi connectivity index (χ2v) is 8.81. The fourth-order valence-corrected chi connectivity index (χ4v) is 4.71. The van der Waals surface area contributed by atoms with Gasteiger partial charge in [-0.15, -0.1) is 16.9 Å². The van der Waals surface area contributed by atoms with Gasteiger partial charge in [-0.2, -0.15) is 23.2 Å². The molecule has 1 amide bonds. The van der Waals surface area contributed by atoms with Gasteiger partial charge in [-0.25, -0.2) is 0 Å². The standard InChI is InChI=1S/C20H16F3N5OS2/c1-10-7-12(11(2)27(10)14-6-4-5-13(9-14)20(21,22)23)8-15-16(24)28-18(25-17(15)29)31-19(26-28)30-3/h4-9,24H,1-3H3/b15-8-,24-16?. The summed E-state index contributed by atoms with van der Waals surface area (Å²) in [6.07, 6.45) is -1.07. The van der Waals surface area contributed by atoms with E-state index in [1.807, 2.05) is 6.26 Å². The van der Waals surface area contributed by atoms with Crippen LogP contribution in [0.5, 0.6) is 0 Å². The van der Waals surface area contributed by atoms with Gasteiger partial charge in [0.1, 0.15) is 0 Å². The van der Waals surface area contributed by atoms with Crippen LogP contribution in [-0.2, 0) is 11.0 Å². The molecule has 0 unspecified atom stereocenters. The normalized spacial score (nSPS) is 17.9. The average molecular weight is 464 g/mol. The molecule has 0 radical (unpaired) electrons. The maximum atomic E-state index is 13.1. The third-order valence-electron chi connectivity index (χ3n) is 4.81. The van der Waals surface area contributed by atoms with Gasteiger partial charge in [0.25, 0.3) is 5.91 Å². The molecule has 0 spiro atoms. The maximum Gasteiger partial charge on any atom is 0.416 e. The lowest BCUT2D eigenvalue weighted by Gasteiger charge is -2.20. The second kappa shape index (κ2) is 7.72. The van der Waals surface area contributed by atoms with Crippen molar-refractivity contribution in [2.24, 2.45) is 10.1 Å². The molecule has 1 aromatic carbocycles. The number of aryl methyl sites for hydroxylation is 1. The number of hydrogen-bond acceptors (Lipinski definition) is 5. The van der Waals surface area contributed by atoms with E-state index in [1.165, 1.54) is 40.7 Å². The molecule has 1 N–H and O–H groups in total. The molecule has 160 valence electrons. The molecule has 1 aromatic heterocycles. The zero-order valence-corrected chi connectivity index (χ0v) is 18.2. The van der Waals surface area contributed by atoms with Gasteiger partial charge in [0.05, 0.1) is 11.1 Å². The Labute approximate surface area is 184 Å². The molecule has 2 aliphatic heterocycles. The molecule has 11 heteroatoms. The first-order chi connectivity index (χ1) is 14.6. The van der Waals surface area contributed by atoms with Gasteiger partial charge in [-0.1, -0.05) is 6.07 Å². The van der Waals surface area contributed by atoms with Crippen LogP contribution < -0.4 is 0 Å². The van der Waals surface area contributed by atoms with Crippen LogP contribution >= 0.6 is 23.5 Å². The molecule has 0 aliphatic carbocycles. The molecular formula is C20H16F3N5OS2.